The molecule has 0 spiro atoms. The second kappa shape index (κ2) is 6.48. The molecule has 0 aliphatic heterocycles. The molecule has 0 amide bonds. The van der Waals surface area contributed by atoms with Crippen LogP contribution in [0.4, 0.5) is 0 Å². The lowest BCUT2D eigenvalue weighted by atomic mass is 9.45. The van der Waals surface area contributed by atoms with Crippen LogP contribution in [0.3, 0.4) is 0 Å². The molecule has 24 heavy (non-hydrogen) atoms. The highest BCUT2D eigenvalue weighted by Crippen LogP contribution is 2.64. The quantitative estimate of drug-likeness (QED) is 0.491. The van der Waals surface area contributed by atoms with Gasteiger partial charge in [0.2, 0.25) is 0 Å². The Morgan fingerprint density at radius 3 is 2.33 bits per heavy atom. The van der Waals surface area contributed by atoms with Gasteiger partial charge in [-0.05, 0) is 63.7 Å². The first kappa shape index (κ1) is 18.0. The fourth-order valence-electron chi connectivity index (χ4n) is 6.06. The first-order chi connectivity index (χ1) is 11.4. The topological polar surface area (TPSA) is 35.5 Å². The monoisotopic (exact) mass is 334 g/mol. The van der Waals surface area contributed by atoms with Gasteiger partial charge >= 0.3 is 5.97 Å². The van der Waals surface area contributed by atoms with Crippen LogP contribution in [-0.4, -0.2) is 23.8 Å². The molecule has 4 fully saturated rings. The molecule has 4 rings (SSSR count). The first-order valence-electron chi connectivity index (χ1n) is 9.89. The molecule has 0 saturated heterocycles. The molecular weight excluding hydrogens is 300 g/mol. The Morgan fingerprint density at radius 2 is 1.83 bits per heavy atom. The molecule has 3 atom stereocenters. The summed E-state index contributed by atoms with van der Waals surface area (Å²) in [6.07, 6.45) is 7.85. The second-order valence-corrected chi connectivity index (χ2v) is 8.71. The zero-order chi connectivity index (χ0) is 17.5. The highest BCUT2D eigenvalue weighted by atomic mass is 16.6. The molecule has 4 saturated carbocycles. The van der Waals surface area contributed by atoms with Gasteiger partial charge in [-0.15, -0.1) is 0 Å². The number of hydrogen-bond acceptors (Lipinski definition) is 3. The second-order valence-electron chi connectivity index (χ2n) is 8.71. The van der Waals surface area contributed by atoms with E-state index in [2.05, 4.69) is 27.4 Å². The van der Waals surface area contributed by atoms with Gasteiger partial charge in [0.15, 0.2) is 0 Å². The van der Waals surface area contributed by atoms with Crippen molar-refractivity contribution in [2.24, 2.45) is 23.7 Å². The third-order valence-electron chi connectivity index (χ3n) is 7.02. The van der Waals surface area contributed by atoms with Crippen LogP contribution in [0, 0.1) is 23.7 Å². The maximum absolute atomic E-state index is 12.5. The molecule has 0 radical (unpaired) electrons. The van der Waals surface area contributed by atoms with Crippen LogP contribution < -0.4 is 0 Å². The zero-order valence-electron chi connectivity index (χ0n) is 15.9. The van der Waals surface area contributed by atoms with E-state index in [-0.39, 0.29) is 17.2 Å². The Hall–Kier alpha value is -0.830. The van der Waals surface area contributed by atoms with Crippen molar-refractivity contribution >= 4 is 5.97 Å². The molecule has 0 N–H and O–H groups in total. The van der Waals surface area contributed by atoms with Crippen molar-refractivity contribution in [2.75, 3.05) is 6.61 Å². The van der Waals surface area contributed by atoms with Crippen molar-refractivity contribution in [3.8, 4) is 0 Å². The zero-order valence-corrected chi connectivity index (χ0v) is 15.9. The van der Waals surface area contributed by atoms with E-state index in [1.165, 1.54) is 19.3 Å². The fraction of sp³-hybridized carbons (Fsp3) is 0.857. The van der Waals surface area contributed by atoms with E-state index in [1.807, 2.05) is 0 Å². The Bertz CT molecular complexity index is 493. The normalized spacial score (nSPS) is 41.2. The van der Waals surface area contributed by atoms with Crippen LogP contribution in [-0.2, 0) is 14.3 Å². The van der Waals surface area contributed by atoms with Crippen molar-refractivity contribution in [1.82, 2.24) is 0 Å². The SMILES string of the molecule is C=C(C)C(=O)OC1(C(C)CC)C2CC3CC1CC(OCCC)(C3)C2. The summed E-state index contributed by atoms with van der Waals surface area (Å²) in [6.45, 7) is 13.1. The molecular formula is C21H34O3. The third kappa shape index (κ3) is 2.73. The van der Waals surface area contributed by atoms with E-state index in [0.717, 1.165) is 38.2 Å². The van der Waals surface area contributed by atoms with Gasteiger partial charge in [0.25, 0.3) is 0 Å². The fourth-order valence-corrected chi connectivity index (χ4v) is 6.06. The van der Waals surface area contributed by atoms with Crippen molar-refractivity contribution in [2.45, 2.75) is 83.8 Å². The standard InChI is InChI=1S/C21H34O3/c1-6-8-23-20-11-16-9-17(12-20)21(15(5)7-2,18(10-16)13-20)24-19(22)14(3)4/h15-18H,3,6-13H2,1-2,4-5H3. The van der Waals surface area contributed by atoms with Crippen LogP contribution in [0.5, 0.6) is 0 Å². The summed E-state index contributed by atoms with van der Waals surface area (Å²) in [7, 11) is 0. The van der Waals surface area contributed by atoms with Crippen LogP contribution in [0.15, 0.2) is 12.2 Å². The molecule has 4 aliphatic rings. The van der Waals surface area contributed by atoms with Gasteiger partial charge in [-0.25, -0.2) is 4.79 Å². The molecule has 3 unspecified atom stereocenters. The number of hydrogen-bond donors (Lipinski definition) is 0. The summed E-state index contributed by atoms with van der Waals surface area (Å²) in [6, 6.07) is 0. The van der Waals surface area contributed by atoms with Gasteiger partial charge in [-0.3, -0.25) is 0 Å². The molecule has 3 nitrogen and oxygen atoms in total. The third-order valence-corrected chi connectivity index (χ3v) is 7.02. The Balaban J connectivity index is 1.91. The predicted molar refractivity (Wildman–Crippen MR) is 95.6 cm³/mol. The van der Waals surface area contributed by atoms with Crippen molar-refractivity contribution in [3.05, 3.63) is 12.2 Å². The highest BCUT2D eigenvalue weighted by Gasteiger charge is 2.65. The van der Waals surface area contributed by atoms with E-state index in [0.29, 0.717) is 23.3 Å². The van der Waals surface area contributed by atoms with E-state index < -0.39 is 0 Å². The Morgan fingerprint density at radius 1 is 1.21 bits per heavy atom. The highest BCUT2D eigenvalue weighted by molar-refractivity contribution is 5.87. The Labute approximate surface area is 147 Å². The van der Waals surface area contributed by atoms with Crippen molar-refractivity contribution in [3.63, 3.8) is 0 Å². The average Bonchev–Trinajstić information content (AvgIpc) is 2.54. The molecule has 0 aromatic heterocycles. The lowest BCUT2D eigenvalue weighted by Crippen LogP contribution is -2.67. The summed E-state index contributed by atoms with van der Waals surface area (Å²) >= 11 is 0. The van der Waals surface area contributed by atoms with Gasteiger partial charge in [0.1, 0.15) is 5.60 Å². The van der Waals surface area contributed by atoms with Crippen LogP contribution in [0.2, 0.25) is 0 Å². The summed E-state index contributed by atoms with van der Waals surface area (Å²) in [5.74, 6) is 1.82. The summed E-state index contributed by atoms with van der Waals surface area (Å²) in [5, 5.41) is 0. The number of ether oxygens (including phenoxy) is 2. The number of esters is 1. The molecule has 4 bridgehead atoms. The van der Waals surface area contributed by atoms with Gasteiger partial charge in [0.05, 0.1) is 5.60 Å². The van der Waals surface area contributed by atoms with Gasteiger partial charge < -0.3 is 9.47 Å². The maximum atomic E-state index is 12.5. The number of carbonyl (C=O) groups excluding carboxylic acids is 1. The van der Waals surface area contributed by atoms with Gasteiger partial charge in [-0.1, -0.05) is 27.4 Å². The lowest BCUT2D eigenvalue weighted by Gasteiger charge is -2.65. The smallest absolute Gasteiger partial charge is 0.333 e. The van der Waals surface area contributed by atoms with Crippen molar-refractivity contribution < 1.29 is 14.3 Å². The van der Waals surface area contributed by atoms with E-state index >= 15 is 0 Å². The lowest BCUT2D eigenvalue weighted by molar-refractivity contribution is -0.265. The number of carbonyl (C=O) groups is 1. The number of rotatable bonds is 7. The molecule has 0 aromatic rings. The van der Waals surface area contributed by atoms with Gasteiger partial charge in [-0.2, -0.15) is 0 Å². The van der Waals surface area contributed by atoms with E-state index in [1.54, 1.807) is 6.92 Å². The minimum atomic E-state index is -0.305. The molecule has 4 aliphatic carbocycles. The average molecular weight is 335 g/mol. The maximum Gasteiger partial charge on any atom is 0.333 e. The van der Waals surface area contributed by atoms with Gasteiger partial charge in [0, 0.05) is 24.0 Å². The van der Waals surface area contributed by atoms with E-state index in [9.17, 15) is 4.79 Å². The molecule has 0 aromatic carbocycles. The summed E-state index contributed by atoms with van der Waals surface area (Å²) in [4.78, 5) is 12.5. The minimum Gasteiger partial charge on any atom is -0.455 e. The Kier molecular flexibility index (Phi) is 4.85. The summed E-state index contributed by atoms with van der Waals surface area (Å²) in [5.41, 5.74) is 0.267. The molecule has 0 heterocycles. The van der Waals surface area contributed by atoms with Crippen LogP contribution in [0.1, 0.15) is 72.6 Å². The van der Waals surface area contributed by atoms with Crippen LogP contribution in [0.25, 0.3) is 0 Å². The first-order valence-corrected chi connectivity index (χ1v) is 9.89. The summed E-state index contributed by atoms with van der Waals surface area (Å²) < 4.78 is 12.7. The van der Waals surface area contributed by atoms with Crippen LogP contribution >= 0.6 is 0 Å². The minimum absolute atomic E-state index is 0.0547. The largest absolute Gasteiger partial charge is 0.455 e. The molecule has 3 heteroatoms. The van der Waals surface area contributed by atoms with Crippen molar-refractivity contribution in [1.29, 1.82) is 0 Å². The molecule has 136 valence electrons. The predicted octanol–water partition coefficient (Wildman–Crippen LogP) is 4.90. The van der Waals surface area contributed by atoms with E-state index in [4.69, 9.17) is 9.47 Å².